The van der Waals surface area contributed by atoms with Gasteiger partial charge >= 0.3 is 0 Å². The monoisotopic (exact) mass is 511 g/mol. The summed E-state index contributed by atoms with van der Waals surface area (Å²) in [6, 6.07) is 5.89. The van der Waals surface area contributed by atoms with Gasteiger partial charge in [-0.15, -0.1) is 0 Å². The second kappa shape index (κ2) is 9.01. The van der Waals surface area contributed by atoms with E-state index in [2.05, 4.69) is 20.3 Å². The average Bonchev–Trinajstić information content (AvgIpc) is 3.55. The van der Waals surface area contributed by atoms with Gasteiger partial charge in [-0.25, -0.2) is 17.8 Å². The van der Waals surface area contributed by atoms with Gasteiger partial charge < -0.3 is 10.5 Å². The molecule has 4 heterocycles. The molecule has 4 aromatic rings. The SMILES string of the molecule is Cc1nn(C2CCS(=O)(=O)C2)c(C)c1-c1cnc(N)c(OC(C)c2cc(F)ccc2-n2nccn2)c1. The van der Waals surface area contributed by atoms with Crippen molar-refractivity contribution in [1.29, 1.82) is 0 Å². The number of aromatic nitrogens is 6. The predicted octanol–water partition coefficient (Wildman–Crippen LogP) is 3.36. The van der Waals surface area contributed by atoms with E-state index in [0.29, 0.717) is 23.4 Å². The molecule has 0 aliphatic carbocycles. The van der Waals surface area contributed by atoms with Crippen molar-refractivity contribution in [1.82, 2.24) is 29.8 Å². The number of nitrogens with zero attached hydrogens (tertiary/aromatic N) is 6. The van der Waals surface area contributed by atoms with Crippen LogP contribution in [-0.4, -0.2) is 49.7 Å². The van der Waals surface area contributed by atoms with E-state index in [-0.39, 0.29) is 23.4 Å². The number of nitrogens with two attached hydrogens (primary N) is 1. The first-order valence-electron chi connectivity index (χ1n) is 11.5. The van der Waals surface area contributed by atoms with Gasteiger partial charge in [0, 0.05) is 28.6 Å². The molecule has 0 radical (unpaired) electrons. The van der Waals surface area contributed by atoms with Crippen molar-refractivity contribution in [3.8, 4) is 22.6 Å². The van der Waals surface area contributed by atoms with Crippen LogP contribution in [0, 0.1) is 19.7 Å². The summed E-state index contributed by atoms with van der Waals surface area (Å²) in [7, 11) is -3.05. The minimum atomic E-state index is -3.05. The molecule has 0 amide bonds. The molecule has 5 rings (SSSR count). The zero-order chi connectivity index (χ0) is 25.6. The minimum absolute atomic E-state index is 0.0847. The second-order valence-electron chi connectivity index (χ2n) is 8.94. The third kappa shape index (κ3) is 4.43. The summed E-state index contributed by atoms with van der Waals surface area (Å²) in [5.74, 6) is 0.357. The summed E-state index contributed by atoms with van der Waals surface area (Å²) in [4.78, 5) is 5.72. The van der Waals surface area contributed by atoms with Crippen LogP contribution in [0.3, 0.4) is 0 Å². The molecule has 1 aromatic carbocycles. The number of halogens is 1. The number of hydrogen-bond donors (Lipinski definition) is 1. The van der Waals surface area contributed by atoms with Gasteiger partial charge in [0.05, 0.1) is 41.3 Å². The molecule has 1 fully saturated rings. The number of hydrogen-bond acceptors (Lipinski definition) is 8. The highest BCUT2D eigenvalue weighted by Gasteiger charge is 2.32. The lowest BCUT2D eigenvalue weighted by Crippen LogP contribution is -2.14. The number of sulfone groups is 1. The Labute approximate surface area is 207 Å². The lowest BCUT2D eigenvalue weighted by molar-refractivity contribution is 0.226. The number of ether oxygens (including phenoxy) is 1. The molecule has 0 spiro atoms. The second-order valence-corrected chi connectivity index (χ2v) is 11.2. The van der Waals surface area contributed by atoms with E-state index in [1.54, 1.807) is 29.9 Å². The minimum Gasteiger partial charge on any atom is -0.482 e. The maximum Gasteiger partial charge on any atom is 0.166 e. The fourth-order valence-corrected chi connectivity index (χ4v) is 6.41. The first-order chi connectivity index (χ1) is 17.1. The van der Waals surface area contributed by atoms with Crippen LogP contribution in [0.15, 0.2) is 42.9 Å². The van der Waals surface area contributed by atoms with Crippen molar-refractivity contribution < 1.29 is 17.5 Å². The molecule has 1 aliphatic heterocycles. The maximum absolute atomic E-state index is 14.1. The zero-order valence-electron chi connectivity index (χ0n) is 20.1. The largest absolute Gasteiger partial charge is 0.482 e. The number of rotatable bonds is 6. The summed E-state index contributed by atoms with van der Waals surface area (Å²) in [6.07, 6.45) is 4.65. The molecular formula is C24H26FN7O3S. The van der Waals surface area contributed by atoms with Crippen molar-refractivity contribution in [2.24, 2.45) is 0 Å². The Morgan fingerprint density at radius 3 is 2.64 bits per heavy atom. The average molecular weight is 512 g/mol. The molecule has 10 nitrogen and oxygen atoms in total. The van der Waals surface area contributed by atoms with Crippen molar-refractivity contribution in [3.63, 3.8) is 0 Å². The highest BCUT2D eigenvalue weighted by atomic mass is 32.2. The normalized spacial score (nSPS) is 17.8. The number of nitrogen functional groups attached to an aromatic ring is 1. The number of benzene rings is 1. The van der Waals surface area contributed by atoms with Crippen molar-refractivity contribution >= 4 is 15.7 Å². The summed E-state index contributed by atoms with van der Waals surface area (Å²) < 4.78 is 46.1. The number of aryl methyl sites for hydroxylation is 1. The predicted molar refractivity (Wildman–Crippen MR) is 132 cm³/mol. The van der Waals surface area contributed by atoms with Crippen LogP contribution in [0.1, 0.15) is 42.4 Å². The van der Waals surface area contributed by atoms with E-state index in [0.717, 1.165) is 22.5 Å². The Balaban J connectivity index is 1.48. The smallest absolute Gasteiger partial charge is 0.166 e. The molecule has 2 atom stereocenters. The Hall–Kier alpha value is -3.80. The van der Waals surface area contributed by atoms with Gasteiger partial charge in [-0.2, -0.15) is 20.1 Å². The molecule has 36 heavy (non-hydrogen) atoms. The molecule has 1 saturated heterocycles. The van der Waals surface area contributed by atoms with Crippen LogP contribution < -0.4 is 10.5 Å². The molecule has 188 valence electrons. The molecule has 2 unspecified atom stereocenters. The van der Waals surface area contributed by atoms with E-state index in [1.807, 2.05) is 13.8 Å². The summed E-state index contributed by atoms with van der Waals surface area (Å²) in [5.41, 5.74) is 10.4. The van der Waals surface area contributed by atoms with Crippen molar-refractivity contribution in [2.45, 2.75) is 39.3 Å². The summed E-state index contributed by atoms with van der Waals surface area (Å²) >= 11 is 0. The van der Waals surface area contributed by atoms with E-state index in [1.165, 1.54) is 29.3 Å². The lowest BCUT2D eigenvalue weighted by Gasteiger charge is -2.19. The van der Waals surface area contributed by atoms with Crippen LogP contribution >= 0.6 is 0 Å². The van der Waals surface area contributed by atoms with Gasteiger partial charge in [-0.3, -0.25) is 4.68 Å². The van der Waals surface area contributed by atoms with E-state index >= 15 is 0 Å². The van der Waals surface area contributed by atoms with E-state index in [9.17, 15) is 12.8 Å². The summed E-state index contributed by atoms with van der Waals surface area (Å²) in [5, 5.41) is 12.9. The summed E-state index contributed by atoms with van der Waals surface area (Å²) in [6.45, 7) is 5.57. The van der Waals surface area contributed by atoms with Gasteiger partial charge in [-0.05, 0) is 51.5 Å². The third-order valence-electron chi connectivity index (χ3n) is 6.42. The van der Waals surface area contributed by atoms with Gasteiger partial charge in [0.25, 0.3) is 0 Å². The number of pyridine rings is 1. The molecule has 0 bridgehead atoms. The molecule has 3 aromatic heterocycles. The first-order valence-corrected chi connectivity index (χ1v) is 13.3. The number of anilines is 1. The lowest BCUT2D eigenvalue weighted by atomic mass is 10.0. The zero-order valence-corrected chi connectivity index (χ0v) is 20.9. The Morgan fingerprint density at radius 1 is 1.19 bits per heavy atom. The van der Waals surface area contributed by atoms with Crippen molar-refractivity contribution in [3.05, 3.63) is 65.6 Å². The Kier molecular flexibility index (Phi) is 5.99. The molecule has 1 aliphatic rings. The van der Waals surface area contributed by atoms with Crippen molar-refractivity contribution in [2.75, 3.05) is 17.2 Å². The highest BCUT2D eigenvalue weighted by Crippen LogP contribution is 2.36. The van der Waals surface area contributed by atoms with Gasteiger partial charge in [-0.1, -0.05) is 0 Å². The fraction of sp³-hybridized carbons (Fsp3) is 0.333. The maximum atomic E-state index is 14.1. The van der Waals surface area contributed by atoms with Crippen LogP contribution in [0.2, 0.25) is 0 Å². The van der Waals surface area contributed by atoms with Crippen LogP contribution in [0.5, 0.6) is 5.75 Å². The van der Waals surface area contributed by atoms with Crippen LogP contribution in [0.25, 0.3) is 16.8 Å². The Morgan fingerprint density at radius 2 is 1.94 bits per heavy atom. The molecular weight excluding hydrogens is 485 g/mol. The Bertz CT molecular complexity index is 1530. The van der Waals surface area contributed by atoms with E-state index in [4.69, 9.17) is 10.5 Å². The van der Waals surface area contributed by atoms with Gasteiger partial charge in [0.15, 0.2) is 21.4 Å². The topological polar surface area (TPSA) is 131 Å². The van der Waals surface area contributed by atoms with Crippen LogP contribution in [-0.2, 0) is 9.84 Å². The standard InChI is InChI=1S/C24H26FN7O3S/c1-14-23(15(2)31(30-14)19-6-9-36(33,34)13-19)17-10-22(24(26)27-12-17)35-16(3)20-11-18(25)4-5-21(20)32-28-7-8-29-32/h4-5,7-8,10-12,16,19H,6,9,13H2,1-3H3,(H2,26,27). The van der Waals surface area contributed by atoms with E-state index < -0.39 is 21.8 Å². The quantitative estimate of drug-likeness (QED) is 0.417. The third-order valence-corrected chi connectivity index (χ3v) is 8.17. The molecule has 2 N–H and O–H groups in total. The fourth-order valence-electron chi connectivity index (χ4n) is 4.72. The van der Waals surface area contributed by atoms with Gasteiger partial charge in [0.2, 0.25) is 0 Å². The first kappa shape index (κ1) is 23.9. The highest BCUT2D eigenvalue weighted by molar-refractivity contribution is 7.91. The molecule has 12 heteroatoms. The van der Waals surface area contributed by atoms with Crippen LogP contribution in [0.4, 0.5) is 10.2 Å². The molecule has 0 saturated carbocycles. The van der Waals surface area contributed by atoms with Gasteiger partial charge in [0.1, 0.15) is 11.9 Å².